The van der Waals surface area contributed by atoms with Crippen LogP contribution in [-0.2, 0) is 24.1 Å². The number of aromatic nitrogens is 2. The number of benzene rings is 2. The first kappa shape index (κ1) is 20.7. The van der Waals surface area contributed by atoms with Crippen LogP contribution in [0.3, 0.4) is 0 Å². The molecule has 0 bridgehead atoms. The molecule has 1 aromatic heterocycles. The number of rotatable bonds is 7. The van der Waals surface area contributed by atoms with Gasteiger partial charge in [-0.2, -0.15) is 0 Å². The minimum atomic E-state index is -0.347. The Balaban J connectivity index is 1.59. The van der Waals surface area contributed by atoms with Gasteiger partial charge < -0.3 is 9.30 Å². The zero-order chi connectivity index (χ0) is 21.3. The summed E-state index contributed by atoms with van der Waals surface area (Å²) in [4.78, 5) is 29.8. The summed E-state index contributed by atoms with van der Waals surface area (Å²) < 4.78 is 7.18. The van der Waals surface area contributed by atoms with Crippen molar-refractivity contribution in [1.82, 2.24) is 9.55 Å². The van der Waals surface area contributed by atoms with Gasteiger partial charge in [-0.05, 0) is 75.4 Å². The molecule has 0 amide bonds. The van der Waals surface area contributed by atoms with Gasteiger partial charge in [0.05, 0.1) is 28.5 Å². The van der Waals surface area contributed by atoms with Gasteiger partial charge in [0.2, 0.25) is 0 Å². The largest absolute Gasteiger partial charge is 0.462 e. The van der Waals surface area contributed by atoms with E-state index in [2.05, 4.69) is 23.6 Å². The second kappa shape index (κ2) is 8.64. The van der Waals surface area contributed by atoms with Gasteiger partial charge in [-0.1, -0.05) is 23.9 Å². The fourth-order valence-corrected chi connectivity index (χ4v) is 5.08. The molecule has 1 heterocycles. The second-order valence-electron chi connectivity index (χ2n) is 7.52. The Morgan fingerprint density at radius 2 is 1.87 bits per heavy atom. The van der Waals surface area contributed by atoms with Crippen LogP contribution < -0.4 is 0 Å². The number of aryl methyl sites for hydroxylation is 3. The molecule has 30 heavy (non-hydrogen) atoms. The zero-order valence-corrected chi connectivity index (χ0v) is 18.4. The summed E-state index contributed by atoms with van der Waals surface area (Å²) in [5.74, 6) is -0.226. The van der Waals surface area contributed by atoms with E-state index in [4.69, 9.17) is 9.72 Å². The van der Waals surface area contributed by atoms with Gasteiger partial charge in [-0.3, -0.25) is 4.79 Å². The van der Waals surface area contributed by atoms with Crippen LogP contribution in [0.5, 0.6) is 0 Å². The Kier molecular flexibility index (Phi) is 5.95. The van der Waals surface area contributed by atoms with Crippen molar-refractivity contribution in [3.05, 3.63) is 58.7 Å². The first-order valence-corrected chi connectivity index (χ1v) is 11.4. The number of hydrogen-bond acceptors (Lipinski definition) is 5. The highest BCUT2D eigenvalue weighted by molar-refractivity contribution is 8.00. The summed E-state index contributed by atoms with van der Waals surface area (Å²) in [5.41, 5.74) is 5.64. The lowest BCUT2D eigenvalue weighted by atomic mass is 10.0. The maximum absolute atomic E-state index is 13.1. The molecule has 1 aliphatic carbocycles. The Bertz CT molecular complexity index is 1120. The highest BCUT2D eigenvalue weighted by Gasteiger charge is 2.22. The Morgan fingerprint density at radius 3 is 2.63 bits per heavy atom. The van der Waals surface area contributed by atoms with Gasteiger partial charge in [0.1, 0.15) is 0 Å². The summed E-state index contributed by atoms with van der Waals surface area (Å²) in [6.07, 6.45) is 3.35. The molecular weight excluding hydrogens is 396 g/mol. The van der Waals surface area contributed by atoms with E-state index in [-0.39, 0.29) is 17.0 Å². The van der Waals surface area contributed by atoms with E-state index in [1.54, 1.807) is 19.1 Å². The van der Waals surface area contributed by atoms with Crippen molar-refractivity contribution in [2.75, 3.05) is 6.61 Å². The molecule has 0 aliphatic heterocycles. The number of fused-ring (bicyclic) bond motifs is 2. The predicted molar refractivity (Wildman–Crippen MR) is 119 cm³/mol. The molecule has 0 spiro atoms. The van der Waals surface area contributed by atoms with Crippen LogP contribution in [0.2, 0.25) is 0 Å². The smallest absolute Gasteiger partial charge is 0.338 e. The minimum absolute atomic E-state index is 0.122. The van der Waals surface area contributed by atoms with Gasteiger partial charge in [-0.15, -0.1) is 0 Å². The lowest BCUT2D eigenvalue weighted by Crippen LogP contribution is -2.15. The molecule has 3 aromatic rings. The lowest BCUT2D eigenvalue weighted by molar-refractivity contribution is 0.0526. The Labute approximate surface area is 180 Å². The topological polar surface area (TPSA) is 61.2 Å². The third-order valence-electron chi connectivity index (χ3n) is 5.57. The quantitative estimate of drug-likeness (QED) is 0.302. The van der Waals surface area contributed by atoms with Crippen molar-refractivity contribution in [2.24, 2.45) is 0 Å². The number of nitrogens with zero attached hydrogens (tertiary/aromatic N) is 2. The number of carbonyl (C=O) groups is 2. The normalized spacial score (nSPS) is 14.0. The number of ketones is 1. The summed E-state index contributed by atoms with van der Waals surface area (Å²) in [7, 11) is 0. The number of thioether (sulfide) groups is 1. The van der Waals surface area contributed by atoms with Gasteiger partial charge in [0, 0.05) is 12.1 Å². The Hall–Kier alpha value is -2.60. The van der Waals surface area contributed by atoms with Crippen LogP contribution in [0.1, 0.15) is 59.0 Å². The highest BCUT2D eigenvalue weighted by Crippen LogP contribution is 2.30. The standard InChI is InChI=1S/C24H26N2O3S/c1-4-26-21-12-11-19(23(28)29-5-2)14-20(21)25-24(26)30-15(3)22(27)18-10-9-16-7-6-8-17(16)13-18/h9-15H,4-8H2,1-3H3/t15-/m1/s1. The van der Waals surface area contributed by atoms with Crippen LogP contribution in [0.15, 0.2) is 41.6 Å². The number of Topliss-reactive ketones (excluding diaryl/α,β-unsaturated/α-hetero) is 1. The van der Waals surface area contributed by atoms with Crippen LogP contribution in [0.4, 0.5) is 0 Å². The summed E-state index contributed by atoms with van der Waals surface area (Å²) in [6.45, 7) is 6.85. The van der Waals surface area contributed by atoms with Gasteiger partial charge in [-0.25, -0.2) is 9.78 Å². The van der Waals surface area contributed by atoms with Crippen molar-refractivity contribution in [3.8, 4) is 0 Å². The molecule has 0 fully saturated rings. The molecule has 0 saturated carbocycles. The van der Waals surface area contributed by atoms with Crippen LogP contribution in [0, 0.1) is 0 Å². The summed E-state index contributed by atoms with van der Waals surface area (Å²) >= 11 is 1.47. The number of imidazole rings is 1. The molecule has 0 N–H and O–H groups in total. The summed E-state index contributed by atoms with van der Waals surface area (Å²) in [5, 5.41) is 0.534. The van der Waals surface area contributed by atoms with E-state index >= 15 is 0 Å². The van der Waals surface area contributed by atoms with Crippen LogP contribution >= 0.6 is 11.8 Å². The predicted octanol–water partition coefficient (Wildman–Crippen LogP) is 5.09. The molecule has 1 atom stereocenters. The zero-order valence-electron chi connectivity index (χ0n) is 17.6. The molecule has 4 rings (SSSR count). The van der Waals surface area contributed by atoms with Crippen LogP contribution in [0.25, 0.3) is 11.0 Å². The van der Waals surface area contributed by atoms with Gasteiger partial charge in [0.15, 0.2) is 10.9 Å². The maximum atomic E-state index is 13.1. The molecular formula is C24H26N2O3S. The first-order valence-electron chi connectivity index (χ1n) is 10.5. The van der Waals surface area contributed by atoms with E-state index < -0.39 is 0 Å². The van der Waals surface area contributed by atoms with Crippen molar-refractivity contribution in [1.29, 1.82) is 0 Å². The van der Waals surface area contributed by atoms with Gasteiger partial charge >= 0.3 is 5.97 Å². The van der Waals surface area contributed by atoms with E-state index in [9.17, 15) is 9.59 Å². The number of carbonyl (C=O) groups excluding carboxylic acids is 2. The third kappa shape index (κ3) is 3.88. The highest BCUT2D eigenvalue weighted by atomic mass is 32.2. The summed E-state index contributed by atoms with van der Waals surface area (Å²) in [6, 6.07) is 11.5. The SMILES string of the molecule is CCOC(=O)c1ccc2c(c1)nc(S[C@H](C)C(=O)c1ccc3c(c1)CCC3)n2CC. The van der Waals surface area contributed by atoms with Crippen molar-refractivity contribution in [3.63, 3.8) is 0 Å². The molecule has 6 heteroatoms. The molecule has 2 aromatic carbocycles. The van der Waals surface area contributed by atoms with E-state index in [0.717, 1.165) is 41.1 Å². The molecule has 5 nitrogen and oxygen atoms in total. The second-order valence-corrected chi connectivity index (χ2v) is 8.83. The van der Waals surface area contributed by atoms with Crippen molar-refractivity contribution >= 4 is 34.5 Å². The molecule has 1 aliphatic rings. The minimum Gasteiger partial charge on any atom is -0.462 e. The number of ether oxygens (including phenoxy) is 1. The average Bonchev–Trinajstić information content (AvgIpc) is 3.35. The van der Waals surface area contributed by atoms with E-state index in [1.165, 1.54) is 29.3 Å². The maximum Gasteiger partial charge on any atom is 0.338 e. The third-order valence-corrected chi connectivity index (χ3v) is 6.67. The van der Waals surface area contributed by atoms with Gasteiger partial charge in [0.25, 0.3) is 0 Å². The van der Waals surface area contributed by atoms with Crippen molar-refractivity contribution in [2.45, 2.75) is 57.0 Å². The average molecular weight is 423 g/mol. The molecule has 0 unspecified atom stereocenters. The number of hydrogen-bond donors (Lipinski definition) is 0. The van der Waals surface area contributed by atoms with E-state index in [0.29, 0.717) is 12.2 Å². The molecule has 156 valence electrons. The number of esters is 1. The molecule has 0 saturated heterocycles. The lowest BCUT2D eigenvalue weighted by Gasteiger charge is -2.12. The van der Waals surface area contributed by atoms with Crippen molar-refractivity contribution < 1.29 is 14.3 Å². The monoisotopic (exact) mass is 422 g/mol. The Morgan fingerprint density at radius 1 is 1.10 bits per heavy atom. The fourth-order valence-electron chi connectivity index (χ4n) is 4.02. The van der Waals surface area contributed by atoms with Crippen LogP contribution in [-0.4, -0.2) is 33.2 Å². The first-order chi connectivity index (χ1) is 14.5. The fraction of sp³-hybridized carbons (Fsp3) is 0.375. The molecule has 0 radical (unpaired) electrons. The van der Waals surface area contributed by atoms with E-state index in [1.807, 2.05) is 19.1 Å².